The fourth-order valence-corrected chi connectivity index (χ4v) is 1.79. The zero-order chi connectivity index (χ0) is 14.5. The normalized spacial score (nSPS) is 18.7. The van der Waals surface area contributed by atoms with E-state index < -0.39 is 23.7 Å². The lowest BCUT2D eigenvalue weighted by Crippen LogP contribution is -2.53. The Kier molecular flexibility index (Phi) is 5.56. The van der Waals surface area contributed by atoms with Crippen LogP contribution in [0.5, 0.6) is 0 Å². The summed E-state index contributed by atoms with van der Waals surface area (Å²) in [7, 11) is 0. The summed E-state index contributed by atoms with van der Waals surface area (Å²) < 4.78 is 5.06. The fraction of sp³-hybridized carbons (Fsp3) is 0.833. The molecule has 7 nitrogen and oxygen atoms in total. The van der Waals surface area contributed by atoms with Gasteiger partial charge >= 0.3 is 12.1 Å². The van der Waals surface area contributed by atoms with Crippen molar-refractivity contribution in [2.75, 3.05) is 32.7 Å². The molecule has 0 aromatic carbocycles. The third-order valence-corrected chi connectivity index (χ3v) is 2.64. The number of carbonyl (C=O) groups is 2. The quantitative estimate of drug-likeness (QED) is 0.661. The Morgan fingerprint density at radius 1 is 1.37 bits per heavy atom. The number of aliphatic carboxylic acids is 1. The van der Waals surface area contributed by atoms with Crippen molar-refractivity contribution in [3.63, 3.8) is 0 Å². The lowest BCUT2D eigenvalue weighted by atomic mass is 10.2. The molecule has 7 heteroatoms. The maximum atomic E-state index is 11.6. The molecule has 3 N–H and O–H groups in total. The number of hydrogen-bond donors (Lipinski definition) is 3. The Morgan fingerprint density at radius 2 is 1.95 bits per heavy atom. The number of ether oxygens (including phenoxy) is 1. The summed E-state index contributed by atoms with van der Waals surface area (Å²) >= 11 is 0. The Bertz CT molecular complexity index is 321. The average molecular weight is 273 g/mol. The van der Waals surface area contributed by atoms with Crippen molar-refractivity contribution in [1.82, 2.24) is 15.5 Å². The van der Waals surface area contributed by atoms with Gasteiger partial charge in [-0.05, 0) is 20.8 Å². The predicted molar refractivity (Wildman–Crippen MR) is 70.1 cm³/mol. The van der Waals surface area contributed by atoms with Crippen LogP contribution < -0.4 is 10.6 Å². The molecule has 1 aliphatic heterocycles. The van der Waals surface area contributed by atoms with E-state index in [1.165, 1.54) is 0 Å². The van der Waals surface area contributed by atoms with Crippen LogP contribution >= 0.6 is 0 Å². The molecule has 0 saturated carbocycles. The summed E-state index contributed by atoms with van der Waals surface area (Å²) in [5, 5.41) is 14.7. The van der Waals surface area contributed by atoms with Gasteiger partial charge in [-0.3, -0.25) is 4.90 Å². The van der Waals surface area contributed by atoms with Gasteiger partial charge in [-0.25, -0.2) is 9.59 Å². The van der Waals surface area contributed by atoms with Gasteiger partial charge in [0.2, 0.25) is 0 Å². The maximum Gasteiger partial charge on any atom is 0.408 e. The van der Waals surface area contributed by atoms with E-state index in [1.54, 1.807) is 20.8 Å². The number of alkyl carbamates (subject to hydrolysis) is 1. The Labute approximate surface area is 113 Å². The van der Waals surface area contributed by atoms with E-state index >= 15 is 0 Å². The molecule has 0 aromatic heterocycles. The van der Waals surface area contributed by atoms with Crippen molar-refractivity contribution in [3.8, 4) is 0 Å². The van der Waals surface area contributed by atoms with E-state index in [-0.39, 0.29) is 6.54 Å². The monoisotopic (exact) mass is 273 g/mol. The van der Waals surface area contributed by atoms with Gasteiger partial charge in [0, 0.05) is 32.7 Å². The molecular formula is C12H23N3O4. The van der Waals surface area contributed by atoms with Gasteiger partial charge in [-0.1, -0.05) is 0 Å². The van der Waals surface area contributed by atoms with Crippen molar-refractivity contribution in [1.29, 1.82) is 0 Å². The number of hydrogen-bond acceptors (Lipinski definition) is 5. The van der Waals surface area contributed by atoms with Crippen LogP contribution in [0.25, 0.3) is 0 Å². The van der Waals surface area contributed by atoms with Crippen molar-refractivity contribution in [2.45, 2.75) is 32.4 Å². The third-order valence-electron chi connectivity index (χ3n) is 2.64. The fourth-order valence-electron chi connectivity index (χ4n) is 1.79. The Morgan fingerprint density at radius 3 is 2.42 bits per heavy atom. The van der Waals surface area contributed by atoms with Crippen LogP contribution in [0.1, 0.15) is 20.8 Å². The highest BCUT2D eigenvalue weighted by molar-refractivity contribution is 5.80. The Balaban J connectivity index is 2.48. The van der Waals surface area contributed by atoms with Gasteiger partial charge in [-0.2, -0.15) is 0 Å². The number of nitrogens with one attached hydrogen (secondary N) is 2. The smallest absolute Gasteiger partial charge is 0.408 e. The second-order valence-corrected chi connectivity index (χ2v) is 5.59. The van der Waals surface area contributed by atoms with Crippen LogP contribution in [-0.4, -0.2) is 66.4 Å². The van der Waals surface area contributed by atoms with Crippen LogP contribution in [-0.2, 0) is 9.53 Å². The molecule has 0 aromatic rings. The number of piperazine rings is 1. The minimum absolute atomic E-state index is 0.288. The number of nitrogens with zero attached hydrogens (tertiary/aromatic N) is 1. The molecule has 0 aliphatic carbocycles. The van der Waals surface area contributed by atoms with Gasteiger partial charge < -0.3 is 20.5 Å². The molecule has 110 valence electrons. The maximum absolute atomic E-state index is 11.6. The van der Waals surface area contributed by atoms with Gasteiger partial charge in [0.15, 0.2) is 0 Å². The second kappa shape index (κ2) is 6.72. The van der Waals surface area contributed by atoms with Crippen molar-refractivity contribution < 1.29 is 19.4 Å². The van der Waals surface area contributed by atoms with Gasteiger partial charge in [0.25, 0.3) is 0 Å². The van der Waals surface area contributed by atoms with Crippen molar-refractivity contribution >= 4 is 12.1 Å². The minimum atomic E-state index is -1.05. The van der Waals surface area contributed by atoms with Crippen LogP contribution in [0.4, 0.5) is 4.79 Å². The number of rotatable bonds is 4. The predicted octanol–water partition coefficient (Wildman–Crippen LogP) is -0.130. The highest BCUT2D eigenvalue weighted by Gasteiger charge is 2.26. The summed E-state index contributed by atoms with van der Waals surface area (Å²) in [6.07, 6.45) is -0.699. The van der Waals surface area contributed by atoms with E-state index in [4.69, 9.17) is 9.84 Å². The standard InChI is InChI=1S/C12H23N3O4/c1-12(2,3)19-11(18)14-9(10(16)17)8-15-6-4-13-5-7-15/h9,13H,4-8H2,1-3H3,(H,14,18)(H,16,17). The topological polar surface area (TPSA) is 90.9 Å². The van der Waals surface area contributed by atoms with Crippen LogP contribution in [0.2, 0.25) is 0 Å². The van der Waals surface area contributed by atoms with Crippen LogP contribution in [0.15, 0.2) is 0 Å². The highest BCUT2D eigenvalue weighted by Crippen LogP contribution is 2.07. The largest absolute Gasteiger partial charge is 0.480 e. The van der Waals surface area contributed by atoms with Crippen LogP contribution in [0.3, 0.4) is 0 Å². The number of carbonyl (C=O) groups excluding carboxylic acids is 1. The average Bonchev–Trinajstić information content (AvgIpc) is 2.26. The summed E-state index contributed by atoms with van der Waals surface area (Å²) in [6.45, 7) is 8.71. The number of carboxylic acid groups (broad SMARTS) is 1. The first-order valence-corrected chi connectivity index (χ1v) is 6.43. The van der Waals surface area contributed by atoms with Gasteiger partial charge in [0.1, 0.15) is 11.6 Å². The first-order valence-electron chi connectivity index (χ1n) is 6.43. The van der Waals surface area contributed by atoms with Gasteiger partial charge in [-0.15, -0.1) is 0 Å². The minimum Gasteiger partial charge on any atom is -0.480 e. The molecule has 1 aliphatic rings. The first-order chi connectivity index (χ1) is 8.78. The van der Waals surface area contributed by atoms with E-state index in [0.717, 1.165) is 26.2 Å². The second-order valence-electron chi connectivity index (χ2n) is 5.59. The molecule has 1 heterocycles. The van der Waals surface area contributed by atoms with E-state index in [1.807, 2.05) is 4.90 Å². The molecule has 1 rings (SSSR count). The van der Waals surface area contributed by atoms with Crippen molar-refractivity contribution in [3.05, 3.63) is 0 Å². The molecular weight excluding hydrogens is 250 g/mol. The van der Waals surface area contributed by atoms with E-state index in [2.05, 4.69) is 10.6 Å². The lowest BCUT2D eigenvalue weighted by Gasteiger charge is -2.30. The first kappa shape index (κ1) is 15.7. The third kappa shape index (κ3) is 6.40. The molecule has 1 saturated heterocycles. The SMILES string of the molecule is CC(C)(C)OC(=O)NC(CN1CCNCC1)C(=O)O. The lowest BCUT2D eigenvalue weighted by molar-refractivity contribution is -0.140. The summed E-state index contributed by atoms with van der Waals surface area (Å²) in [4.78, 5) is 24.8. The summed E-state index contributed by atoms with van der Waals surface area (Å²) in [5.41, 5.74) is -0.637. The van der Waals surface area contributed by atoms with Gasteiger partial charge in [0.05, 0.1) is 0 Å². The zero-order valence-corrected chi connectivity index (χ0v) is 11.7. The Hall–Kier alpha value is -1.34. The number of carboxylic acids is 1. The summed E-state index contributed by atoms with van der Waals surface area (Å²) in [5.74, 6) is -1.05. The molecule has 1 atom stereocenters. The highest BCUT2D eigenvalue weighted by atomic mass is 16.6. The molecule has 0 bridgehead atoms. The van der Waals surface area contributed by atoms with E-state index in [0.29, 0.717) is 0 Å². The zero-order valence-electron chi connectivity index (χ0n) is 11.7. The molecule has 19 heavy (non-hydrogen) atoms. The van der Waals surface area contributed by atoms with Crippen molar-refractivity contribution in [2.24, 2.45) is 0 Å². The summed E-state index contributed by atoms with van der Waals surface area (Å²) in [6, 6.07) is -0.951. The molecule has 0 radical (unpaired) electrons. The molecule has 1 amide bonds. The molecule has 0 spiro atoms. The molecule has 1 unspecified atom stereocenters. The van der Waals surface area contributed by atoms with Crippen LogP contribution in [0, 0.1) is 0 Å². The van der Waals surface area contributed by atoms with E-state index in [9.17, 15) is 9.59 Å². The molecule has 1 fully saturated rings. The number of amides is 1.